The third-order valence-electron chi connectivity index (χ3n) is 6.37. The molecule has 8 nitrogen and oxygen atoms in total. The number of anilines is 2. The van der Waals surface area contributed by atoms with Gasteiger partial charge in [0.05, 0.1) is 6.33 Å². The van der Waals surface area contributed by atoms with Crippen molar-refractivity contribution in [2.75, 3.05) is 23.8 Å². The zero-order valence-corrected chi connectivity index (χ0v) is 19.8. The highest BCUT2D eigenvalue weighted by molar-refractivity contribution is 5.86. The Kier molecular flexibility index (Phi) is 10.6. The number of halogens is 2. The van der Waals surface area contributed by atoms with Crippen molar-refractivity contribution in [2.45, 2.75) is 88.8 Å². The van der Waals surface area contributed by atoms with Crippen LogP contribution >= 0.6 is 24.8 Å². The van der Waals surface area contributed by atoms with Crippen LogP contribution in [0.3, 0.4) is 0 Å². The summed E-state index contributed by atoms with van der Waals surface area (Å²) in [6, 6.07) is 1.21. The molecule has 0 aromatic carbocycles. The summed E-state index contributed by atoms with van der Waals surface area (Å²) >= 11 is 0. The smallest absolute Gasteiger partial charge is 0.227 e. The summed E-state index contributed by atoms with van der Waals surface area (Å²) in [7, 11) is 0. The van der Waals surface area contributed by atoms with Crippen LogP contribution in [-0.2, 0) is 0 Å². The first-order valence-corrected chi connectivity index (χ1v) is 11.4. The fourth-order valence-electron chi connectivity index (χ4n) is 4.62. The maximum atomic E-state index is 8.97. The molecular formula is C21H37Cl2N7O. The maximum absolute atomic E-state index is 8.97. The quantitative estimate of drug-likeness (QED) is 0.406. The van der Waals surface area contributed by atoms with E-state index >= 15 is 0 Å². The molecule has 2 saturated carbocycles. The lowest BCUT2D eigenvalue weighted by Gasteiger charge is -2.27. The summed E-state index contributed by atoms with van der Waals surface area (Å²) in [6.45, 7) is 1.07. The number of unbranched alkanes of at least 4 members (excludes halogenated alkanes) is 2. The molecule has 0 unspecified atom stereocenters. The van der Waals surface area contributed by atoms with E-state index < -0.39 is 0 Å². The molecule has 2 heterocycles. The van der Waals surface area contributed by atoms with E-state index in [9.17, 15) is 0 Å². The van der Waals surface area contributed by atoms with Crippen LogP contribution in [0.2, 0.25) is 0 Å². The van der Waals surface area contributed by atoms with Gasteiger partial charge in [-0.2, -0.15) is 9.97 Å². The molecule has 2 aliphatic carbocycles. The molecule has 0 amide bonds. The Morgan fingerprint density at radius 3 is 2.45 bits per heavy atom. The van der Waals surface area contributed by atoms with E-state index in [0.717, 1.165) is 68.5 Å². The minimum absolute atomic E-state index is 0. The van der Waals surface area contributed by atoms with Gasteiger partial charge >= 0.3 is 0 Å². The van der Waals surface area contributed by atoms with Gasteiger partial charge < -0.3 is 26.0 Å². The zero-order chi connectivity index (χ0) is 20.1. The van der Waals surface area contributed by atoms with Crippen LogP contribution in [0.25, 0.3) is 11.2 Å². The second-order valence-electron chi connectivity index (χ2n) is 8.63. The molecule has 0 aliphatic heterocycles. The number of hydrogen-bond donors (Lipinski definition) is 4. The predicted octanol–water partition coefficient (Wildman–Crippen LogP) is 4.04. The summed E-state index contributed by atoms with van der Waals surface area (Å²) in [5.41, 5.74) is 7.84. The van der Waals surface area contributed by atoms with E-state index in [0.29, 0.717) is 24.1 Å². The number of aliphatic hydroxyl groups excluding tert-OH is 1. The minimum atomic E-state index is 0. The summed E-state index contributed by atoms with van der Waals surface area (Å²) in [4.78, 5) is 14.3. The van der Waals surface area contributed by atoms with Gasteiger partial charge in [0.15, 0.2) is 17.0 Å². The molecule has 31 heavy (non-hydrogen) atoms. The van der Waals surface area contributed by atoms with Gasteiger partial charge in [-0.15, -0.1) is 24.8 Å². The molecule has 0 radical (unpaired) electrons. The number of fused-ring (bicyclic) bond motifs is 1. The predicted molar refractivity (Wildman–Crippen MR) is 131 cm³/mol. The van der Waals surface area contributed by atoms with Gasteiger partial charge in [-0.1, -0.05) is 12.8 Å². The van der Waals surface area contributed by atoms with Crippen LogP contribution in [-0.4, -0.2) is 49.9 Å². The highest BCUT2D eigenvalue weighted by Crippen LogP contribution is 2.33. The molecule has 0 spiro atoms. The number of aromatic nitrogens is 4. The Balaban J connectivity index is 0.00000171. The number of nitrogens with one attached hydrogen (secondary N) is 2. The molecule has 176 valence electrons. The number of nitrogens with two attached hydrogens (primary N) is 1. The normalized spacial score (nSPS) is 21.5. The van der Waals surface area contributed by atoms with Crippen molar-refractivity contribution in [2.24, 2.45) is 5.73 Å². The Morgan fingerprint density at radius 1 is 1.00 bits per heavy atom. The van der Waals surface area contributed by atoms with Crippen LogP contribution < -0.4 is 16.4 Å². The number of rotatable bonds is 9. The molecule has 10 heteroatoms. The molecule has 0 saturated heterocycles. The van der Waals surface area contributed by atoms with Gasteiger partial charge in [0.1, 0.15) is 0 Å². The lowest BCUT2D eigenvalue weighted by atomic mass is 9.92. The number of aliphatic hydroxyl groups is 1. The topological polar surface area (TPSA) is 114 Å². The summed E-state index contributed by atoms with van der Waals surface area (Å²) in [5.74, 6) is 1.50. The van der Waals surface area contributed by atoms with Crippen LogP contribution in [0.15, 0.2) is 6.33 Å². The van der Waals surface area contributed by atoms with Crippen molar-refractivity contribution < 1.29 is 5.11 Å². The molecule has 2 aromatic rings. The molecular weight excluding hydrogens is 437 g/mol. The molecule has 4 rings (SSSR count). The van der Waals surface area contributed by atoms with E-state index in [1.807, 2.05) is 6.33 Å². The maximum Gasteiger partial charge on any atom is 0.227 e. The van der Waals surface area contributed by atoms with Gasteiger partial charge in [-0.05, 0) is 57.8 Å². The third kappa shape index (κ3) is 6.57. The average Bonchev–Trinajstić information content (AvgIpc) is 3.39. The second-order valence-corrected chi connectivity index (χ2v) is 8.63. The third-order valence-corrected chi connectivity index (χ3v) is 6.37. The minimum Gasteiger partial charge on any atom is -0.396 e. The van der Waals surface area contributed by atoms with E-state index in [2.05, 4.69) is 20.2 Å². The summed E-state index contributed by atoms with van der Waals surface area (Å²) in [6.07, 6.45) is 14.0. The first-order chi connectivity index (χ1) is 14.2. The largest absolute Gasteiger partial charge is 0.396 e. The van der Waals surface area contributed by atoms with Gasteiger partial charge in [0.25, 0.3) is 0 Å². The molecule has 2 aliphatic rings. The molecule has 2 aromatic heterocycles. The van der Waals surface area contributed by atoms with Crippen molar-refractivity contribution in [3.8, 4) is 0 Å². The van der Waals surface area contributed by atoms with E-state index in [1.165, 1.54) is 25.7 Å². The Morgan fingerprint density at radius 2 is 1.74 bits per heavy atom. The van der Waals surface area contributed by atoms with Gasteiger partial charge in [0, 0.05) is 31.3 Å². The number of imidazole rings is 1. The zero-order valence-electron chi connectivity index (χ0n) is 18.1. The fraction of sp³-hybridized carbons (Fsp3) is 0.762. The molecule has 0 atom stereocenters. The standard InChI is InChI=1S/C21H35N7O.2ClH/c22-15-8-10-16(11-9-15)25-21-26-19(23-12-4-1-5-13-29)18-20(27-21)28(14-24-18)17-6-2-3-7-17;;/h14-17,29H,1-13,22H2,(H2,23,25,26,27);2*1H/t15-,16-;;. The van der Waals surface area contributed by atoms with E-state index in [-0.39, 0.29) is 31.4 Å². The van der Waals surface area contributed by atoms with Crippen molar-refractivity contribution >= 4 is 47.7 Å². The van der Waals surface area contributed by atoms with Gasteiger partial charge in [0.2, 0.25) is 5.95 Å². The molecule has 0 bridgehead atoms. The first kappa shape index (κ1) is 25.9. The van der Waals surface area contributed by atoms with E-state index in [1.54, 1.807) is 0 Å². The lowest BCUT2D eigenvalue weighted by molar-refractivity contribution is 0.283. The van der Waals surface area contributed by atoms with Crippen LogP contribution in [0.1, 0.15) is 76.7 Å². The first-order valence-electron chi connectivity index (χ1n) is 11.4. The highest BCUT2D eigenvalue weighted by Gasteiger charge is 2.23. The number of nitrogens with zero attached hydrogens (tertiary/aromatic N) is 4. The molecule has 2 fully saturated rings. The summed E-state index contributed by atoms with van der Waals surface area (Å²) < 4.78 is 2.25. The number of hydrogen-bond acceptors (Lipinski definition) is 7. The van der Waals surface area contributed by atoms with Gasteiger partial charge in [-0.3, -0.25) is 0 Å². The SMILES string of the molecule is Cl.Cl.N[C@H]1CC[C@H](Nc2nc(NCCCCCO)c3ncn(C4CCCC4)c3n2)CC1. The Bertz CT molecular complexity index is 789. The average molecular weight is 474 g/mol. The fourth-order valence-corrected chi connectivity index (χ4v) is 4.62. The Labute approximate surface area is 197 Å². The van der Waals surface area contributed by atoms with Crippen LogP contribution in [0, 0.1) is 0 Å². The van der Waals surface area contributed by atoms with E-state index in [4.69, 9.17) is 20.8 Å². The molecule has 5 N–H and O–H groups in total. The lowest BCUT2D eigenvalue weighted by Crippen LogP contribution is -2.33. The van der Waals surface area contributed by atoms with Crippen molar-refractivity contribution in [3.05, 3.63) is 6.33 Å². The summed E-state index contributed by atoms with van der Waals surface area (Å²) in [5, 5.41) is 16.0. The monoisotopic (exact) mass is 473 g/mol. The Hall–Kier alpha value is -1.35. The van der Waals surface area contributed by atoms with Crippen LogP contribution in [0.4, 0.5) is 11.8 Å². The highest BCUT2D eigenvalue weighted by atomic mass is 35.5. The van der Waals surface area contributed by atoms with Crippen molar-refractivity contribution in [3.63, 3.8) is 0 Å². The van der Waals surface area contributed by atoms with Crippen molar-refractivity contribution in [1.82, 2.24) is 19.5 Å². The van der Waals surface area contributed by atoms with Crippen LogP contribution in [0.5, 0.6) is 0 Å². The second kappa shape index (κ2) is 12.6. The van der Waals surface area contributed by atoms with Gasteiger partial charge in [-0.25, -0.2) is 4.98 Å². The van der Waals surface area contributed by atoms with Crippen molar-refractivity contribution in [1.29, 1.82) is 0 Å².